The fraction of sp³-hybridized carbons (Fsp3) is 0.667. The molecular formula is C12H18N2O7. The second-order valence-electron chi connectivity index (χ2n) is 5.09. The van der Waals surface area contributed by atoms with E-state index in [1.54, 1.807) is 0 Å². The quantitative estimate of drug-likeness (QED) is 0.452. The van der Waals surface area contributed by atoms with E-state index in [2.05, 4.69) is 0 Å². The van der Waals surface area contributed by atoms with Gasteiger partial charge in [0.15, 0.2) is 6.23 Å². The summed E-state index contributed by atoms with van der Waals surface area (Å²) in [6, 6.07) is 0. The lowest BCUT2D eigenvalue weighted by Gasteiger charge is -2.40. The van der Waals surface area contributed by atoms with Gasteiger partial charge in [0.1, 0.15) is 24.4 Å². The van der Waals surface area contributed by atoms with Crippen LogP contribution in [0.2, 0.25) is 0 Å². The van der Waals surface area contributed by atoms with Gasteiger partial charge in [-0.05, 0) is 6.92 Å². The molecule has 1 fully saturated rings. The molecule has 2 heterocycles. The van der Waals surface area contributed by atoms with Crippen LogP contribution in [0.5, 0.6) is 0 Å². The van der Waals surface area contributed by atoms with Crippen molar-refractivity contribution in [2.24, 2.45) is 7.05 Å². The van der Waals surface area contributed by atoms with Crippen LogP contribution in [0, 0.1) is 6.92 Å². The van der Waals surface area contributed by atoms with E-state index in [9.17, 15) is 24.9 Å². The third-order valence-electron chi connectivity index (χ3n) is 3.62. The highest BCUT2D eigenvalue weighted by molar-refractivity contribution is 5.04. The summed E-state index contributed by atoms with van der Waals surface area (Å²) in [6.45, 7) is 0.892. The first-order valence-corrected chi connectivity index (χ1v) is 6.39. The Morgan fingerprint density at radius 2 is 1.81 bits per heavy atom. The van der Waals surface area contributed by atoms with E-state index in [0.717, 1.165) is 9.13 Å². The first kappa shape index (κ1) is 15.9. The normalized spacial score (nSPS) is 33.1. The van der Waals surface area contributed by atoms with Crippen LogP contribution in [-0.4, -0.2) is 60.6 Å². The Balaban J connectivity index is 2.51. The number of aryl methyl sites for hydroxylation is 1. The second-order valence-corrected chi connectivity index (χ2v) is 5.09. The van der Waals surface area contributed by atoms with E-state index in [0.29, 0.717) is 0 Å². The summed E-state index contributed by atoms with van der Waals surface area (Å²) in [7, 11) is 1.28. The molecule has 5 atom stereocenters. The number of ether oxygens (including phenoxy) is 1. The number of aromatic nitrogens is 2. The zero-order valence-corrected chi connectivity index (χ0v) is 11.6. The van der Waals surface area contributed by atoms with Gasteiger partial charge < -0.3 is 25.2 Å². The van der Waals surface area contributed by atoms with Gasteiger partial charge in [-0.2, -0.15) is 0 Å². The van der Waals surface area contributed by atoms with Gasteiger partial charge in [0.25, 0.3) is 5.56 Å². The van der Waals surface area contributed by atoms with Gasteiger partial charge in [-0.1, -0.05) is 0 Å². The topological polar surface area (TPSA) is 134 Å². The van der Waals surface area contributed by atoms with Gasteiger partial charge in [-0.3, -0.25) is 13.9 Å². The van der Waals surface area contributed by atoms with Crippen LogP contribution in [-0.2, 0) is 11.8 Å². The maximum Gasteiger partial charge on any atom is 0.332 e. The molecule has 4 N–H and O–H groups in total. The minimum Gasteiger partial charge on any atom is -0.394 e. The van der Waals surface area contributed by atoms with Crippen molar-refractivity contribution >= 4 is 0 Å². The molecule has 1 aromatic rings. The van der Waals surface area contributed by atoms with Crippen molar-refractivity contribution in [2.75, 3.05) is 6.61 Å². The van der Waals surface area contributed by atoms with Crippen molar-refractivity contribution in [2.45, 2.75) is 37.6 Å². The Kier molecular flexibility index (Phi) is 4.30. The first-order valence-electron chi connectivity index (χ1n) is 6.39. The zero-order chi connectivity index (χ0) is 15.9. The van der Waals surface area contributed by atoms with E-state index in [-0.39, 0.29) is 5.56 Å². The molecule has 1 saturated heterocycles. The SMILES string of the molecule is Cc1cn([C@@H]2O[C@H](CO)[C@@H](O)[C@H](O)[C@H]2O)c(=O)n(C)c1=O. The molecule has 21 heavy (non-hydrogen) atoms. The van der Waals surface area contributed by atoms with Crippen LogP contribution in [0.15, 0.2) is 15.8 Å². The molecule has 9 heteroatoms. The molecule has 0 aliphatic carbocycles. The van der Waals surface area contributed by atoms with Crippen LogP contribution in [0.25, 0.3) is 0 Å². The summed E-state index contributed by atoms with van der Waals surface area (Å²) in [4.78, 5) is 23.8. The molecule has 1 aliphatic heterocycles. The van der Waals surface area contributed by atoms with Crippen molar-refractivity contribution < 1.29 is 25.2 Å². The molecule has 1 aliphatic rings. The molecule has 1 aromatic heterocycles. The van der Waals surface area contributed by atoms with E-state index in [1.165, 1.54) is 20.2 Å². The maximum atomic E-state index is 12.1. The summed E-state index contributed by atoms with van der Waals surface area (Å²) in [5.74, 6) is 0. The minimum absolute atomic E-state index is 0.245. The van der Waals surface area contributed by atoms with E-state index < -0.39 is 48.5 Å². The third-order valence-corrected chi connectivity index (χ3v) is 3.62. The maximum absolute atomic E-state index is 12.1. The Labute approximate surface area is 119 Å². The fourth-order valence-electron chi connectivity index (χ4n) is 2.34. The van der Waals surface area contributed by atoms with Gasteiger partial charge in [-0.15, -0.1) is 0 Å². The minimum atomic E-state index is -1.59. The van der Waals surface area contributed by atoms with Crippen LogP contribution >= 0.6 is 0 Å². The number of nitrogens with zero attached hydrogens (tertiary/aromatic N) is 2. The van der Waals surface area contributed by atoms with Gasteiger partial charge >= 0.3 is 5.69 Å². The molecule has 9 nitrogen and oxygen atoms in total. The van der Waals surface area contributed by atoms with Crippen LogP contribution in [0.1, 0.15) is 11.8 Å². The Hall–Kier alpha value is -1.52. The average molecular weight is 302 g/mol. The molecule has 0 unspecified atom stereocenters. The smallest absolute Gasteiger partial charge is 0.332 e. The molecule has 0 spiro atoms. The van der Waals surface area contributed by atoms with Crippen molar-refractivity contribution in [3.05, 3.63) is 32.6 Å². The third kappa shape index (κ3) is 2.54. The number of aliphatic hydroxyl groups excluding tert-OH is 4. The predicted octanol–water partition coefficient (Wildman–Crippen LogP) is -3.17. The lowest BCUT2D eigenvalue weighted by Crippen LogP contribution is -2.58. The molecule has 0 radical (unpaired) electrons. The van der Waals surface area contributed by atoms with Gasteiger partial charge in [0, 0.05) is 18.8 Å². The predicted molar refractivity (Wildman–Crippen MR) is 69.7 cm³/mol. The number of hydrogen-bond donors (Lipinski definition) is 4. The van der Waals surface area contributed by atoms with Gasteiger partial charge in [-0.25, -0.2) is 4.79 Å². The van der Waals surface area contributed by atoms with Crippen molar-refractivity contribution in [1.82, 2.24) is 9.13 Å². The van der Waals surface area contributed by atoms with Crippen molar-refractivity contribution in [1.29, 1.82) is 0 Å². The molecule has 0 bridgehead atoms. The lowest BCUT2D eigenvalue weighted by atomic mass is 9.98. The van der Waals surface area contributed by atoms with Crippen LogP contribution < -0.4 is 11.2 Å². The highest BCUT2D eigenvalue weighted by Gasteiger charge is 2.44. The zero-order valence-electron chi connectivity index (χ0n) is 11.6. The van der Waals surface area contributed by atoms with Crippen molar-refractivity contribution in [3.63, 3.8) is 0 Å². The summed E-state index contributed by atoms with van der Waals surface area (Å²) in [6.07, 6.45) is -5.93. The number of hydrogen-bond acceptors (Lipinski definition) is 7. The summed E-state index contributed by atoms with van der Waals surface area (Å²) < 4.78 is 7.09. The first-order chi connectivity index (χ1) is 9.79. The summed E-state index contributed by atoms with van der Waals surface area (Å²) in [5, 5.41) is 38.6. The second kappa shape index (κ2) is 5.70. The lowest BCUT2D eigenvalue weighted by molar-refractivity contribution is -0.252. The van der Waals surface area contributed by atoms with Crippen LogP contribution in [0.4, 0.5) is 0 Å². The van der Waals surface area contributed by atoms with Gasteiger partial charge in [0.2, 0.25) is 0 Å². The standard InChI is InChI=1S/C12H18N2O7/c1-5-3-14(12(20)13(2)10(5)19)11-9(18)8(17)7(16)6(4-15)21-11/h3,6-9,11,15-18H,4H2,1-2H3/t6-,7-,8+,9-,11-/m1/s1. The van der Waals surface area contributed by atoms with E-state index >= 15 is 0 Å². The Morgan fingerprint density at radius 1 is 1.19 bits per heavy atom. The number of rotatable bonds is 2. The average Bonchev–Trinajstić information content (AvgIpc) is 2.47. The highest BCUT2D eigenvalue weighted by Crippen LogP contribution is 2.27. The molecule has 2 rings (SSSR count). The Bertz CT molecular complexity index is 635. The van der Waals surface area contributed by atoms with Crippen molar-refractivity contribution in [3.8, 4) is 0 Å². The number of aliphatic hydroxyl groups is 4. The summed E-state index contributed by atoms with van der Waals surface area (Å²) in [5.41, 5.74) is -0.982. The monoisotopic (exact) mass is 302 g/mol. The molecule has 118 valence electrons. The molecule has 0 amide bonds. The van der Waals surface area contributed by atoms with Gasteiger partial charge in [0.05, 0.1) is 6.61 Å². The largest absolute Gasteiger partial charge is 0.394 e. The van der Waals surface area contributed by atoms with E-state index in [4.69, 9.17) is 9.84 Å². The molecule has 0 saturated carbocycles. The Morgan fingerprint density at radius 3 is 2.38 bits per heavy atom. The fourth-order valence-corrected chi connectivity index (χ4v) is 2.34. The van der Waals surface area contributed by atoms with Crippen LogP contribution in [0.3, 0.4) is 0 Å². The molecular weight excluding hydrogens is 284 g/mol. The highest BCUT2D eigenvalue weighted by atomic mass is 16.6. The summed E-state index contributed by atoms with van der Waals surface area (Å²) >= 11 is 0. The van der Waals surface area contributed by atoms with E-state index in [1.807, 2.05) is 0 Å². The molecule has 0 aromatic carbocycles.